The van der Waals surface area contributed by atoms with Crippen LogP contribution in [0.15, 0.2) is 0 Å². The van der Waals surface area contributed by atoms with Crippen LogP contribution < -0.4 is 0 Å². The number of nitrogens with zero attached hydrogens (tertiary/aromatic N) is 1. The molecule has 1 amide bonds. The fourth-order valence-corrected chi connectivity index (χ4v) is 2.45. The number of rotatable bonds is 2. The van der Waals surface area contributed by atoms with Crippen LogP contribution in [-0.4, -0.2) is 38.5 Å². The SMILES string of the molecule is CC(C(=O)OC(C)(C)C)N1C(=O)CSC1=S. The van der Waals surface area contributed by atoms with Gasteiger partial charge in [-0.05, 0) is 27.7 Å². The van der Waals surface area contributed by atoms with Crippen LogP contribution in [0.25, 0.3) is 0 Å². The Bertz CT molecular complexity index is 319. The quantitative estimate of drug-likeness (QED) is 0.558. The Balaban J connectivity index is 2.70. The Morgan fingerprint density at radius 3 is 2.50 bits per heavy atom. The van der Waals surface area contributed by atoms with Gasteiger partial charge in [0.2, 0.25) is 5.91 Å². The first-order valence-electron chi connectivity index (χ1n) is 4.94. The molecule has 1 fully saturated rings. The van der Waals surface area contributed by atoms with Gasteiger partial charge < -0.3 is 4.74 Å². The van der Waals surface area contributed by atoms with Crippen LogP contribution in [0.5, 0.6) is 0 Å². The van der Waals surface area contributed by atoms with Gasteiger partial charge in [0.05, 0.1) is 5.75 Å². The summed E-state index contributed by atoms with van der Waals surface area (Å²) in [6, 6.07) is -0.644. The predicted molar refractivity (Wildman–Crippen MR) is 67.2 cm³/mol. The third kappa shape index (κ3) is 3.18. The summed E-state index contributed by atoms with van der Waals surface area (Å²) in [6.45, 7) is 6.99. The molecule has 0 aliphatic carbocycles. The van der Waals surface area contributed by atoms with Gasteiger partial charge in [0, 0.05) is 0 Å². The van der Waals surface area contributed by atoms with Crippen LogP contribution >= 0.6 is 24.0 Å². The van der Waals surface area contributed by atoms with Gasteiger partial charge in [0.25, 0.3) is 0 Å². The lowest BCUT2D eigenvalue weighted by molar-refractivity contribution is -0.161. The van der Waals surface area contributed by atoms with E-state index in [0.29, 0.717) is 10.1 Å². The first-order valence-corrected chi connectivity index (χ1v) is 6.33. The number of carbonyl (C=O) groups excluding carboxylic acids is 2. The largest absolute Gasteiger partial charge is 0.458 e. The van der Waals surface area contributed by atoms with E-state index in [0.717, 1.165) is 0 Å². The molecule has 90 valence electrons. The molecule has 0 spiro atoms. The van der Waals surface area contributed by atoms with Crippen molar-refractivity contribution in [2.75, 3.05) is 5.75 Å². The van der Waals surface area contributed by atoms with Crippen molar-refractivity contribution in [1.29, 1.82) is 0 Å². The zero-order chi connectivity index (χ0) is 12.5. The summed E-state index contributed by atoms with van der Waals surface area (Å²) in [4.78, 5) is 24.6. The molecule has 1 aliphatic rings. The summed E-state index contributed by atoms with van der Waals surface area (Å²) < 4.78 is 5.65. The van der Waals surface area contributed by atoms with Gasteiger partial charge in [-0.25, -0.2) is 4.79 Å². The van der Waals surface area contributed by atoms with Crippen molar-refractivity contribution >= 4 is 40.2 Å². The molecule has 0 aromatic rings. The summed E-state index contributed by atoms with van der Waals surface area (Å²) in [5, 5.41) is 0. The summed E-state index contributed by atoms with van der Waals surface area (Å²) >= 11 is 6.29. The van der Waals surface area contributed by atoms with E-state index in [1.54, 1.807) is 27.7 Å². The summed E-state index contributed by atoms with van der Waals surface area (Å²) in [7, 11) is 0. The first-order chi connectivity index (χ1) is 7.22. The Morgan fingerprint density at radius 2 is 2.12 bits per heavy atom. The molecule has 1 atom stereocenters. The van der Waals surface area contributed by atoms with Gasteiger partial charge in [0.15, 0.2) is 0 Å². The molecule has 0 bridgehead atoms. The second-order valence-electron chi connectivity index (χ2n) is 4.53. The number of carbonyl (C=O) groups is 2. The molecular formula is C10H15NO3S2. The van der Waals surface area contributed by atoms with Crippen molar-refractivity contribution in [3.8, 4) is 0 Å². The molecule has 1 heterocycles. The molecule has 0 aromatic carbocycles. The predicted octanol–water partition coefficient (Wildman–Crippen LogP) is 1.58. The standard InChI is InChI=1S/C10H15NO3S2/c1-6(8(13)14-10(2,3)4)11-7(12)5-16-9(11)15/h6H,5H2,1-4H3. The first kappa shape index (κ1) is 13.4. The molecule has 16 heavy (non-hydrogen) atoms. The number of esters is 1. The van der Waals surface area contributed by atoms with E-state index in [1.165, 1.54) is 16.7 Å². The number of thioether (sulfide) groups is 1. The summed E-state index contributed by atoms with van der Waals surface area (Å²) in [5.41, 5.74) is -0.553. The lowest BCUT2D eigenvalue weighted by Crippen LogP contribution is -2.44. The molecular weight excluding hydrogens is 246 g/mol. The van der Waals surface area contributed by atoms with Crippen LogP contribution in [0.1, 0.15) is 27.7 Å². The van der Waals surface area contributed by atoms with Crippen molar-refractivity contribution in [2.24, 2.45) is 0 Å². The van der Waals surface area contributed by atoms with E-state index in [4.69, 9.17) is 17.0 Å². The highest BCUT2D eigenvalue weighted by atomic mass is 32.2. The van der Waals surface area contributed by atoms with Gasteiger partial charge in [-0.3, -0.25) is 9.69 Å². The third-order valence-electron chi connectivity index (χ3n) is 1.92. The normalized spacial score (nSPS) is 18.9. The molecule has 0 aromatic heterocycles. The number of ether oxygens (including phenoxy) is 1. The molecule has 0 saturated carbocycles. The van der Waals surface area contributed by atoms with Crippen molar-refractivity contribution < 1.29 is 14.3 Å². The lowest BCUT2D eigenvalue weighted by atomic mass is 10.2. The maximum absolute atomic E-state index is 11.8. The molecule has 6 heteroatoms. The maximum Gasteiger partial charge on any atom is 0.329 e. The highest BCUT2D eigenvalue weighted by molar-refractivity contribution is 8.23. The fourth-order valence-electron chi connectivity index (χ4n) is 1.23. The minimum atomic E-state index is -0.644. The third-order valence-corrected chi connectivity index (χ3v) is 3.30. The van der Waals surface area contributed by atoms with E-state index >= 15 is 0 Å². The topological polar surface area (TPSA) is 46.6 Å². The molecule has 1 saturated heterocycles. The van der Waals surface area contributed by atoms with Gasteiger partial charge in [-0.2, -0.15) is 0 Å². The van der Waals surface area contributed by atoms with Crippen LogP contribution in [0.2, 0.25) is 0 Å². The smallest absolute Gasteiger partial charge is 0.329 e. The minimum absolute atomic E-state index is 0.131. The average molecular weight is 261 g/mol. The Morgan fingerprint density at radius 1 is 1.56 bits per heavy atom. The number of amides is 1. The van der Waals surface area contributed by atoms with Crippen LogP contribution in [0.3, 0.4) is 0 Å². The van der Waals surface area contributed by atoms with Crippen molar-refractivity contribution in [2.45, 2.75) is 39.3 Å². The highest BCUT2D eigenvalue weighted by Gasteiger charge is 2.36. The summed E-state index contributed by atoms with van der Waals surface area (Å²) in [5.74, 6) is -0.245. The maximum atomic E-state index is 11.8. The van der Waals surface area contributed by atoms with E-state index in [-0.39, 0.29) is 5.91 Å². The van der Waals surface area contributed by atoms with Crippen molar-refractivity contribution in [3.05, 3.63) is 0 Å². The number of hydrogen-bond donors (Lipinski definition) is 0. The second-order valence-corrected chi connectivity index (χ2v) is 6.14. The Kier molecular flexibility index (Phi) is 3.96. The van der Waals surface area contributed by atoms with Crippen LogP contribution in [-0.2, 0) is 14.3 Å². The second kappa shape index (κ2) is 4.71. The van der Waals surface area contributed by atoms with Gasteiger partial charge >= 0.3 is 5.97 Å². The van der Waals surface area contributed by atoms with E-state index in [2.05, 4.69) is 0 Å². The van der Waals surface area contributed by atoms with Crippen molar-refractivity contribution in [3.63, 3.8) is 0 Å². The van der Waals surface area contributed by atoms with Gasteiger partial charge in [-0.15, -0.1) is 0 Å². The number of thiocarbonyl (C=S) groups is 1. The van der Waals surface area contributed by atoms with E-state index < -0.39 is 17.6 Å². The van der Waals surface area contributed by atoms with E-state index in [1.807, 2.05) is 0 Å². The monoisotopic (exact) mass is 261 g/mol. The number of hydrogen-bond acceptors (Lipinski definition) is 5. The fraction of sp³-hybridized carbons (Fsp3) is 0.700. The van der Waals surface area contributed by atoms with Gasteiger partial charge in [0.1, 0.15) is 16.0 Å². The van der Waals surface area contributed by atoms with Crippen LogP contribution in [0.4, 0.5) is 0 Å². The highest BCUT2D eigenvalue weighted by Crippen LogP contribution is 2.23. The zero-order valence-corrected chi connectivity index (χ0v) is 11.4. The molecule has 1 aliphatic heterocycles. The lowest BCUT2D eigenvalue weighted by Gasteiger charge is -2.26. The molecule has 0 N–H and O–H groups in total. The van der Waals surface area contributed by atoms with Crippen LogP contribution in [0, 0.1) is 0 Å². The Labute approximate surface area is 105 Å². The molecule has 0 radical (unpaired) electrons. The zero-order valence-electron chi connectivity index (χ0n) is 9.77. The Hall–Kier alpha value is -0.620. The minimum Gasteiger partial charge on any atom is -0.458 e. The molecule has 1 rings (SSSR count). The molecule has 1 unspecified atom stereocenters. The molecule has 4 nitrogen and oxygen atoms in total. The van der Waals surface area contributed by atoms with Crippen molar-refractivity contribution in [1.82, 2.24) is 4.90 Å². The van der Waals surface area contributed by atoms with Gasteiger partial charge in [-0.1, -0.05) is 24.0 Å². The average Bonchev–Trinajstić information content (AvgIpc) is 2.42. The summed E-state index contributed by atoms with van der Waals surface area (Å²) in [6.07, 6.45) is 0. The van der Waals surface area contributed by atoms with E-state index in [9.17, 15) is 9.59 Å².